The summed E-state index contributed by atoms with van der Waals surface area (Å²) >= 11 is 5.99. The first kappa shape index (κ1) is 27.6. The van der Waals surface area contributed by atoms with E-state index in [1.165, 1.54) is 26.0 Å². The van der Waals surface area contributed by atoms with Gasteiger partial charge < -0.3 is 10.2 Å². The maximum atomic E-state index is 13.7. The molecular weight excluding hydrogens is 476 g/mol. The van der Waals surface area contributed by atoms with Gasteiger partial charge in [-0.15, -0.1) is 0 Å². The number of halogens is 1. The molecule has 0 bridgehead atoms. The molecule has 186 valence electrons. The molecule has 2 aromatic rings. The van der Waals surface area contributed by atoms with Gasteiger partial charge >= 0.3 is 10.2 Å². The highest BCUT2D eigenvalue weighted by molar-refractivity contribution is 7.90. The fourth-order valence-corrected chi connectivity index (χ4v) is 4.80. The Bertz CT molecular complexity index is 1120. The van der Waals surface area contributed by atoms with Crippen molar-refractivity contribution in [2.24, 2.45) is 0 Å². The number of likely N-dealkylation sites (N-methyl/N-ethyl adjacent to an activating group) is 1. The SMILES string of the molecule is CCC(C(=O)NC)N(Cc1ccc(Cl)cc1)C(=O)CN(c1cc(C)ccc1C)S(=O)(=O)N(C)C. The van der Waals surface area contributed by atoms with E-state index in [1.807, 2.05) is 19.1 Å². The maximum Gasteiger partial charge on any atom is 0.304 e. The Labute approximate surface area is 207 Å². The van der Waals surface area contributed by atoms with E-state index in [1.54, 1.807) is 44.2 Å². The summed E-state index contributed by atoms with van der Waals surface area (Å²) in [4.78, 5) is 27.7. The number of benzene rings is 2. The third-order valence-corrected chi connectivity index (χ3v) is 7.61. The second-order valence-electron chi connectivity index (χ2n) is 8.27. The topological polar surface area (TPSA) is 90.0 Å². The molecule has 2 rings (SSSR count). The summed E-state index contributed by atoms with van der Waals surface area (Å²) in [5, 5.41) is 3.16. The minimum Gasteiger partial charge on any atom is -0.357 e. The van der Waals surface area contributed by atoms with E-state index in [4.69, 9.17) is 11.6 Å². The van der Waals surface area contributed by atoms with Crippen molar-refractivity contribution < 1.29 is 18.0 Å². The zero-order valence-corrected chi connectivity index (χ0v) is 22.1. The van der Waals surface area contributed by atoms with Gasteiger partial charge in [0.1, 0.15) is 12.6 Å². The molecule has 8 nitrogen and oxygen atoms in total. The number of hydrogen-bond donors (Lipinski definition) is 1. The quantitative estimate of drug-likeness (QED) is 0.534. The minimum absolute atomic E-state index is 0.130. The molecule has 2 amide bonds. The lowest BCUT2D eigenvalue weighted by Crippen LogP contribution is -2.53. The molecule has 10 heteroatoms. The maximum absolute atomic E-state index is 13.7. The third-order valence-electron chi connectivity index (χ3n) is 5.55. The summed E-state index contributed by atoms with van der Waals surface area (Å²) in [6, 6.07) is 11.6. The molecule has 0 heterocycles. The van der Waals surface area contributed by atoms with Gasteiger partial charge in [0.2, 0.25) is 11.8 Å². The Balaban J connectivity index is 2.54. The highest BCUT2D eigenvalue weighted by atomic mass is 35.5. The number of rotatable bonds is 10. The Morgan fingerprint density at radius 1 is 1.06 bits per heavy atom. The Kier molecular flexibility index (Phi) is 9.49. The van der Waals surface area contributed by atoms with Gasteiger partial charge in [-0.25, -0.2) is 4.31 Å². The molecule has 1 unspecified atom stereocenters. The van der Waals surface area contributed by atoms with Gasteiger partial charge in [0, 0.05) is 32.7 Å². The molecule has 1 N–H and O–H groups in total. The van der Waals surface area contributed by atoms with Gasteiger partial charge in [0.05, 0.1) is 5.69 Å². The number of amides is 2. The van der Waals surface area contributed by atoms with Crippen LogP contribution in [-0.2, 0) is 26.3 Å². The Hall–Kier alpha value is -2.62. The average molecular weight is 509 g/mol. The summed E-state index contributed by atoms with van der Waals surface area (Å²) in [7, 11) is 0.352. The van der Waals surface area contributed by atoms with Crippen LogP contribution in [0.15, 0.2) is 42.5 Å². The largest absolute Gasteiger partial charge is 0.357 e. The number of nitrogens with zero attached hydrogens (tertiary/aromatic N) is 3. The Morgan fingerprint density at radius 2 is 1.68 bits per heavy atom. The summed E-state index contributed by atoms with van der Waals surface area (Å²) in [6.07, 6.45) is 0.364. The summed E-state index contributed by atoms with van der Waals surface area (Å²) in [5.74, 6) is -0.810. The number of hydrogen-bond acceptors (Lipinski definition) is 4. The lowest BCUT2D eigenvalue weighted by atomic mass is 10.1. The second-order valence-corrected chi connectivity index (χ2v) is 10.8. The molecule has 0 aliphatic carbocycles. The van der Waals surface area contributed by atoms with Crippen molar-refractivity contribution in [2.75, 3.05) is 32.0 Å². The van der Waals surface area contributed by atoms with Crippen LogP contribution in [0.3, 0.4) is 0 Å². The van der Waals surface area contributed by atoms with E-state index in [2.05, 4.69) is 5.32 Å². The van der Waals surface area contributed by atoms with Gasteiger partial charge in [-0.1, -0.05) is 42.8 Å². The van der Waals surface area contributed by atoms with Crippen molar-refractivity contribution in [1.29, 1.82) is 0 Å². The van der Waals surface area contributed by atoms with Crippen molar-refractivity contribution in [3.63, 3.8) is 0 Å². The number of carbonyl (C=O) groups excluding carboxylic acids is 2. The first-order chi connectivity index (χ1) is 15.9. The first-order valence-corrected chi connectivity index (χ1v) is 12.7. The standard InChI is InChI=1S/C24H33ClN4O4S/c1-7-21(24(31)26-4)28(15-19-10-12-20(25)13-11-19)23(30)16-29(34(32,33)27(5)6)22-14-17(2)8-9-18(22)3/h8-14,21H,7,15-16H2,1-6H3,(H,26,31). The van der Waals surface area contributed by atoms with Gasteiger partial charge in [-0.3, -0.25) is 9.59 Å². The van der Waals surface area contributed by atoms with E-state index in [0.29, 0.717) is 22.7 Å². The molecule has 0 aromatic heterocycles. The zero-order valence-electron chi connectivity index (χ0n) is 20.5. The van der Waals surface area contributed by atoms with Crippen LogP contribution in [0.1, 0.15) is 30.0 Å². The molecule has 0 aliphatic heterocycles. The van der Waals surface area contributed by atoms with Crippen LogP contribution in [0, 0.1) is 13.8 Å². The monoisotopic (exact) mass is 508 g/mol. The average Bonchev–Trinajstić information content (AvgIpc) is 2.79. The normalized spacial score (nSPS) is 12.4. The first-order valence-electron chi connectivity index (χ1n) is 10.9. The highest BCUT2D eigenvalue weighted by Crippen LogP contribution is 2.26. The highest BCUT2D eigenvalue weighted by Gasteiger charge is 2.34. The van der Waals surface area contributed by atoms with Gasteiger partial charge in [-0.2, -0.15) is 12.7 Å². The van der Waals surface area contributed by atoms with Crippen molar-refractivity contribution in [3.8, 4) is 0 Å². The van der Waals surface area contributed by atoms with Crippen LogP contribution in [0.4, 0.5) is 5.69 Å². The second kappa shape index (κ2) is 11.7. The molecular formula is C24H33ClN4O4S. The zero-order chi connectivity index (χ0) is 25.6. The lowest BCUT2D eigenvalue weighted by molar-refractivity contribution is -0.140. The third kappa shape index (κ3) is 6.49. The lowest BCUT2D eigenvalue weighted by Gasteiger charge is -2.34. The van der Waals surface area contributed by atoms with Crippen LogP contribution < -0.4 is 9.62 Å². The fourth-order valence-electron chi connectivity index (χ4n) is 3.56. The van der Waals surface area contributed by atoms with Crippen LogP contribution in [0.25, 0.3) is 0 Å². The van der Waals surface area contributed by atoms with Gasteiger partial charge in [-0.05, 0) is 55.2 Å². The number of carbonyl (C=O) groups is 2. The molecule has 0 spiro atoms. The smallest absolute Gasteiger partial charge is 0.304 e. The Morgan fingerprint density at radius 3 is 2.21 bits per heavy atom. The predicted molar refractivity (Wildman–Crippen MR) is 136 cm³/mol. The van der Waals surface area contributed by atoms with Crippen LogP contribution in [-0.4, -0.2) is 63.2 Å². The summed E-state index contributed by atoms with van der Waals surface area (Å²) < 4.78 is 28.7. The predicted octanol–water partition coefficient (Wildman–Crippen LogP) is 3.12. The number of nitrogens with one attached hydrogen (secondary N) is 1. The molecule has 0 fully saturated rings. The number of anilines is 1. The van der Waals surface area contributed by atoms with Crippen LogP contribution in [0.2, 0.25) is 5.02 Å². The van der Waals surface area contributed by atoms with E-state index in [0.717, 1.165) is 19.7 Å². The molecule has 0 aliphatic rings. The van der Waals surface area contributed by atoms with Crippen molar-refractivity contribution in [2.45, 2.75) is 39.8 Å². The van der Waals surface area contributed by atoms with Crippen molar-refractivity contribution in [3.05, 3.63) is 64.2 Å². The molecule has 0 saturated carbocycles. The van der Waals surface area contributed by atoms with E-state index >= 15 is 0 Å². The van der Waals surface area contributed by atoms with E-state index in [9.17, 15) is 18.0 Å². The molecule has 34 heavy (non-hydrogen) atoms. The minimum atomic E-state index is -4.00. The van der Waals surface area contributed by atoms with Crippen LogP contribution in [0.5, 0.6) is 0 Å². The molecule has 1 atom stereocenters. The van der Waals surface area contributed by atoms with Gasteiger partial charge in [0.15, 0.2) is 0 Å². The van der Waals surface area contributed by atoms with Crippen molar-refractivity contribution >= 4 is 39.3 Å². The van der Waals surface area contributed by atoms with Crippen molar-refractivity contribution in [1.82, 2.24) is 14.5 Å². The van der Waals surface area contributed by atoms with E-state index < -0.39 is 28.7 Å². The molecule has 0 radical (unpaired) electrons. The summed E-state index contributed by atoms with van der Waals surface area (Å²) in [5.41, 5.74) is 2.77. The van der Waals surface area contributed by atoms with Gasteiger partial charge in [0.25, 0.3) is 0 Å². The molecule has 2 aromatic carbocycles. The fraction of sp³-hybridized carbons (Fsp3) is 0.417. The number of aryl methyl sites for hydroxylation is 2. The van der Waals surface area contributed by atoms with E-state index in [-0.39, 0.29) is 12.5 Å². The molecule has 0 saturated heterocycles. The summed E-state index contributed by atoms with van der Waals surface area (Å²) in [6.45, 7) is 5.14. The van der Waals surface area contributed by atoms with Crippen LogP contribution >= 0.6 is 11.6 Å².